The standard InChI is InChI=1S/C21H15N5S/c1-3-14-4-2-8-22-19(14)16(5-1)21(6-7-21)18-10-24-20-23-9-15(11-26(18)20)17-12-27-13-25-17/h1-5,8-13H,6-7H2. The average Bonchev–Trinajstić information content (AvgIpc) is 3.15. The highest BCUT2D eigenvalue weighted by Crippen LogP contribution is 2.54. The molecule has 5 aromatic rings. The summed E-state index contributed by atoms with van der Waals surface area (Å²) in [5.74, 6) is 0.725. The number of benzene rings is 1. The maximum absolute atomic E-state index is 4.68. The van der Waals surface area contributed by atoms with Crippen LogP contribution >= 0.6 is 11.3 Å². The molecule has 0 unspecified atom stereocenters. The number of nitrogens with zero attached hydrogens (tertiary/aromatic N) is 5. The number of fused-ring (bicyclic) bond motifs is 2. The SMILES string of the molecule is c1cnc2c(C3(c4cnc5ncc(-c6cscn6)cn45)CC3)cccc2c1. The van der Waals surface area contributed by atoms with Crippen molar-refractivity contribution in [2.24, 2.45) is 0 Å². The van der Waals surface area contributed by atoms with Crippen LogP contribution in [0.5, 0.6) is 0 Å². The second-order valence-corrected chi connectivity index (χ2v) is 7.71. The van der Waals surface area contributed by atoms with Crippen molar-refractivity contribution in [1.82, 2.24) is 24.3 Å². The van der Waals surface area contributed by atoms with Gasteiger partial charge in [0.2, 0.25) is 5.78 Å². The molecule has 1 aliphatic carbocycles. The normalized spacial score (nSPS) is 15.4. The lowest BCUT2D eigenvalue weighted by atomic mass is 9.90. The molecule has 0 aliphatic heterocycles. The highest BCUT2D eigenvalue weighted by molar-refractivity contribution is 7.07. The van der Waals surface area contributed by atoms with Crippen molar-refractivity contribution in [3.63, 3.8) is 0 Å². The van der Waals surface area contributed by atoms with Crippen molar-refractivity contribution in [1.29, 1.82) is 0 Å². The summed E-state index contributed by atoms with van der Waals surface area (Å²) < 4.78 is 2.13. The van der Waals surface area contributed by atoms with Crippen LogP contribution in [0.1, 0.15) is 24.1 Å². The molecule has 0 N–H and O–H groups in total. The van der Waals surface area contributed by atoms with Crippen LogP contribution in [-0.2, 0) is 5.41 Å². The van der Waals surface area contributed by atoms with Gasteiger partial charge in [-0.05, 0) is 24.5 Å². The van der Waals surface area contributed by atoms with Crippen molar-refractivity contribution < 1.29 is 0 Å². The van der Waals surface area contributed by atoms with Crippen LogP contribution < -0.4 is 0 Å². The van der Waals surface area contributed by atoms with E-state index in [9.17, 15) is 0 Å². The Labute approximate surface area is 159 Å². The van der Waals surface area contributed by atoms with E-state index in [-0.39, 0.29) is 5.41 Å². The van der Waals surface area contributed by atoms with Crippen molar-refractivity contribution in [3.05, 3.63) is 77.3 Å². The van der Waals surface area contributed by atoms with Gasteiger partial charge in [-0.25, -0.2) is 15.0 Å². The van der Waals surface area contributed by atoms with Gasteiger partial charge in [0.15, 0.2) is 0 Å². The lowest BCUT2D eigenvalue weighted by molar-refractivity contribution is 0.791. The lowest BCUT2D eigenvalue weighted by Crippen LogP contribution is -2.13. The molecule has 130 valence electrons. The Morgan fingerprint density at radius 2 is 1.85 bits per heavy atom. The Balaban J connectivity index is 1.58. The molecule has 6 heteroatoms. The Bertz CT molecular complexity index is 1280. The minimum absolute atomic E-state index is 0.0460. The van der Waals surface area contributed by atoms with Gasteiger partial charge in [0.05, 0.1) is 28.6 Å². The van der Waals surface area contributed by atoms with E-state index in [4.69, 9.17) is 0 Å². The molecule has 1 aromatic carbocycles. The van der Waals surface area contributed by atoms with Crippen LogP contribution in [0, 0.1) is 0 Å². The Morgan fingerprint density at radius 3 is 2.70 bits per heavy atom. The molecule has 1 fully saturated rings. The topological polar surface area (TPSA) is 56.0 Å². The van der Waals surface area contributed by atoms with E-state index >= 15 is 0 Å². The van der Waals surface area contributed by atoms with E-state index in [1.165, 1.54) is 16.6 Å². The number of imidazole rings is 1. The average molecular weight is 369 g/mol. The number of pyridine rings is 1. The summed E-state index contributed by atoms with van der Waals surface area (Å²) in [6.45, 7) is 0. The second-order valence-electron chi connectivity index (χ2n) is 6.99. The third-order valence-electron chi connectivity index (χ3n) is 5.48. The molecule has 0 spiro atoms. The Hall–Kier alpha value is -3.12. The zero-order chi connectivity index (χ0) is 17.8. The molecule has 4 heterocycles. The first kappa shape index (κ1) is 15.0. The van der Waals surface area contributed by atoms with E-state index < -0.39 is 0 Å². The molecule has 4 aromatic heterocycles. The summed E-state index contributed by atoms with van der Waals surface area (Å²) in [5, 5.41) is 3.22. The maximum atomic E-state index is 4.68. The molecule has 0 amide bonds. The first-order chi connectivity index (χ1) is 13.4. The Morgan fingerprint density at radius 1 is 0.963 bits per heavy atom. The number of hydrogen-bond donors (Lipinski definition) is 0. The van der Waals surface area contributed by atoms with Crippen LogP contribution in [0.4, 0.5) is 0 Å². The summed E-state index contributed by atoms with van der Waals surface area (Å²) in [6.07, 6.45) is 9.99. The fraction of sp³-hybridized carbons (Fsp3) is 0.143. The molecule has 0 saturated heterocycles. The van der Waals surface area contributed by atoms with Crippen molar-refractivity contribution in [2.45, 2.75) is 18.3 Å². The van der Waals surface area contributed by atoms with Crippen LogP contribution in [0.2, 0.25) is 0 Å². The quantitative estimate of drug-likeness (QED) is 0.470. The smallest absolute Gasteiger partial charge is 0.233 e. The van der Waals surface area contributed by atoms with Crippen molar-refractivity contribution >= 4 is 28.0 Å². The van der Waals surface area contributed by atoms with Gasteiger partial charge in [0.25, 0.3) is 0 Å². The molecule has 27 heavy (non-hydrogen) atoms. The third kappa shape index (κ3) is 2.16. The molecular formula is C21H15N5S. The van der Waals surface area contributed by atoms with Crippen molar-refractivity contribution in [2.75, 3.05) is 0 Å². The van der Waals surface area contributed by atoms with Gasteiger partial charge in [0, 0.05) is 40.3 Å². The summed E-state index contributed by atoms with van der Waals surface area (Å²) >= 11 is 1.59. The van der Waals surface area contributed by atoms with Gasteiger partial charge >= 0.3 is 0 Å². The molecule has 1 saturated carbocycles. The zero-order valence-electron chi connectivity index (χ0n) is 14.4. The fourth-order valence-corrected chi connectivity index (χ4v) is 4.55. The van der Waals surface area contributed by atoms with Crippen LogP contribution in [0.15, 0.2) is 66.0 Å². The zero-order valence-corrected chi connectivity index (χ0v) is 15.2. The largest absolute Gasteiger partial charge is 0.287 e. The van der Waals surface area contributed by atoms with E-state index in [1.807, 2.05) is 35.5 Å². The first-order valence-corrected chi connectivity index (χ1v) is 9.86. The first-order valence-electron chi connectivity index (χ1n) is 8.92. The number of thiazole rings is 1. The fourth-order valence-electron chi connectivity index (χ4n) is 3.99. The summed E-state index contributed by atoms with van der Waals surface area (Å²) in [5.41, 5.74) is 7.30. The second kappa shape index (κ2) is 5.44. The molecule has 5 nitrogen and oxygen atoms in total. The molecule has 1 aliphatic rings. The predicted octanol–water partition coefficient (Wildman–Crippen LogP) is 4.48. The molecule has 6 rings (SSSR count). The van der Waals surface area contributed by atoms with Crippen LogP contribution in [0.25, 0.3) is 27.9 Å². The molecule has 0 atom stereocenters. The maximum Gasteiger partial charge on any atom is 0.233 e. The van der Waals surface area contributed by atoms with E-state index in [0.29, 0.717) is 0 Å². The summed E-state index contributed by atoms with van der Waals surface area (Å²) in [6, 6.07) is 10.6. The highest BCUT2D eigenvalue weighted by atomic mass is 32.1. The number of aromatic nitrogens is 5. The van der Waals surface area contributed by atoms with Crippen LogP contribution in [-0.4, -0.2) is 24.3 Å². The number of hydrogen-bond acceptors (Lipinski definition) is 5. The minimum Gasteiger partial charge on any atom is -0.287 e. The van der Waals surface area contributed by atoms with Gasteiger partial charge in [0.1, 0.15) is 0 Å². The number of rotatable bonds is 3. The Kier molecular flexibility index (Phi) is 3.02. The third-order valence-corrected chi connectivity index (χ3v) is 6.07. The summed E-state index contributed by atoms with van der Waals surface area (Å²) in [7, 11) is 0. The van der Waals surface area contributed by atoms with Gasteiger partial charge in [-0.3, -0.25) is 9.38 Å². The monoisotopic (exact) mass is 369 g/mol. The molecule has 0 radical (unpaired) electrons. The van der Waals surface area contributed by atoms with Crippen LogP contribution in [0.3, 0.4) is 0 Å². The predicted molar refractivity (Wildman–Crippen MR) is 106 cm³/mol. The lowest BCUT2D eigenvalue weighted by Gasteiger charge is -2.17. The van der Waals surface area contributed by atoms with E-state index in [2.05, 4.69) is 54.8 Å². The van der Waals surface area contributed by atoms with Gasteiger partial charge in [-0.2, -0.15) is 0 Å². The minimum atomic E-state index is -0.0460. The molecule has 0 bridgehead atoms. The van der Waals surface area contributed by atoms with E-state index in [0.717, 1.165) is 35.4 Å². The van der Waals surface area contributed by atoms with E-state index in [1.54, 1.807) is 11.3 Å². The van der Waals surface area contributed by atoms with Crippen molar-refractivity contribution in [3.8, 4) is 11.3 Å². The van der Waals surface area contributed by atoms with Gasteiger partial charge < -0.3 is 0 Å². The summed E-state index contributed by atoms with van der Waals surface area (Å²) in [4.78, 5) is 18.2. The molecular weight excluding hydrogens is 354 g/mol. The van der Waals surface area contributed by atoms with Gasteiger partial charge in [-0.1, -0.05) is 24.3 Å². The number of para-hydroxylation sites is 1. The van der Waals surface area contributed by atoms with Gasteiger partial charge in [-0.15, -0.1) is 11.3 Å². The highest BCUT2D eigenvalue weighted by Gasteiger charge is 2.49.